The Kier molecular flexibility index (Phi) is 2.94. The predicted octanol–water partition coefficient (Wildman–Crippen LogP) is 2.24. The summed E-state index contributed by atoms with van der Waals surface area (Å²) in [5.41, 5.74) is 0.504. The average Bonchev–Trinajstić information content (AvgIpc) is 2.59. The summed E-state index contributed by atoms with van der Waals surface area (Å²) in [6.07, 6.45) is 1.11. The largest absolute Gasteiger partial charge is 0.347 e. The number of thiazole rings is 1. The number of para-hydroxylation sites is 1. The number of benzene rings is 1. The maximum atomic E-state index is 13.6. The molecule has 0 radical (unpaired) electrons. The molecule has 0 unspecified atom stereocenters. The molecule has 1 saturated heterocycles. The minimum absolute atomic E-state index is 0.224. The van der Waals surface area contributed by atoms with Gasteiger partial charge in [0.2, 0.25) is 0 Å². The highest BCUT2D eigenvalue weighted by atomic mass is 32.1. The summed E-state index contributed by atoms with van der Waals surface area (Å²) < 4.78 is 14.5. The molecule has 0 aliphatic carbocycles. The molecule has 1 aliphatic rings. The molecular weight excluding hydrogens is 237 g/mol. The Bertz CT molecular complexity index is 517. The van der Waals surface area contributed by atoms with Crippen LogP contribution in [0.4, 0.5) is 9.52 Å². The van der Waals surface area contributed by atoms with Gasteiger partial charge >= 0.3 is 0 Å². The summed E-state index contributed by atoms with van der Waals surface area (Å²) in [6.45, 7) is 3.96. The second kappa shape index (κ2) is 4.58. The van der Waals surface area contributed by atoms with Crippen molar-refractivity contribution in [3.05, 3.63) is 24.0 Å². The van der Waals surface area contributed by atoms with Crippen LogP contribution in [0.25, 0.3) is 10.2 Å². The molecule has 1 aromatic carbocycles. The first-order valence-electron chi connectivity index (χ1n) is 5.85. The van der Waals surface area contributed by atoms with E-state index in [9.17, 15) is 4.39 Å². The van der Waals surface area contributed by atoms with E-state index in [0.717, 1.165) is 42.4 Å². The Labute approximate surface area is 103 Å². The molecule has 0 spiro atoms. The lowest BCUT2D eigenvalue weighted by atomic mass is 10.3. The van der Waals surface area contributed by atoms with Crippen LogP contribution < -0.4 is 10.2 Å². The molecule has 1 aromatic heterocycles. The van der Waals surface area contributed by atoms with Crippen molar-refractivity contribution in [2.75, 3.05) is 31.1 Å². The van der Waals surface area contributed by atoms with Crippen molar-refractivity contribution in [1.29, 1.82) is 0 Å². The summed E-state index contributed by atoms with van der Waals surface area (Å²) in [6, 6.07) is 5.13. The van der Waals surface area contributed by atoms with E-state index < -0.39 is 0 Å². The van der Waals surface area contributed by atoms with E-state index in [0.29, 0.717) is 5.52 Å². The fourth-order valence-corrected chi connectivity index (χ4v) is 3.11. The van der Waals surface area contributed by atoms with Gasteiger partial charge in [-0.3, -0.25) is 0 Å². The van der Waals surface area contributed by atoms with E-state index >= 15 is 0 Å². The van der Waals surface area contributed by atoms with Crippen molar-refractivity contribution in [2.24, 2.45) is 0 Å². The lowest BCUT2D eigenvalue weighted by Gasteiger charge is -2.17. The molecule has 2 heterocycles. The topological polar surface area (TPSA) is 28.2 Å². The van der Waals surface area contributed by atoms with Gasteiger partial charge in [-0.05, 0) is 25.1 Å². The quantitative estimate of drug-likeness (QED) is 0.842. The summed E-state index contributed by atoms with van der Waals surface area (Å²) in [5.74, 6) is -0.224. The number of hydrogen-bond acceptors (Lipinski definition) is 4. The third kappa shape index (κ3) is 2.12. The number of hydrogen-bond donors (Lipinski definition) is 1. The molecule has 0 amide bonds. The smallest absolute Gasteiger partial charge is 0.186 e. The minimum atomic E-state index is -0.224. The Morgan fingerprint density at radius 3 is 3.12 bits per heavy atom. The molecule has 0 saturated carbocycles. The molecule has 1 aliphatic heterocycles. The van der Waals surface area contributed by atoms with Crippen molar-refractivity contribution >= 4 is 26.7 Å². The van der Waals surface area contributed by atoms with Crippen LogP contribution in [-0.4, -0.2) is 31.2 Å². The van der Waals surface area contributed by atoms with Crippen LogP contribution >= 0.6 is 11.3 Å². The summed E-state index contributed by atoms with van der Waals surface area (Å²) >= 11 is 1.57. The van der Waals surface area contributed by atoms with Crippen molar-refractivity contribution in [1.82, 2.24) is 10.3 Å². The number of anilines is 1. The van der Waals surface area contributed by atoms with Crippen LogP contribution in [0, 0.1) is 5.82 Å². The van der Waals surface area contributed by atoms with E-state index in [1.807, 2.05) is 6.07 Å². The Balaban J connectivity index is 1.96. The number of nitrogens with zero attached hydrogens (tertiary/aromatic N) is 2. The molecule has 0 bridgehead atoms. The van der Waals surface area contributed by atoms with Gasteiger partial charge in [-0.25, -0.2) is 9.37 Å². The molecule has 3 nitrogen and oxygen atoms in total. The Hall–Kier alpha value is -1.20. The van der Waals surface area contributed by atoms with Crippen LogP contribution in [-0.2, 0) is 0 Å². The number of fused-ring (bicyclic) bond motifs is 1. The second-order valence-corrected chi connectivity index (χ2v) is 5.18. The van der Waals surface area contributed by atoms with Crippen molar-refractivity contribution in [3.8, 4) is 0 Å². The van der Waals surface area contributed by atoms with Crippen LogP contribution in [0.5, 0.6) is 0 Å². The van der Waals surface area contributed by atoms with Gasteiger partial charge in [-0.2, -0.15) is 0 Å². The van der Waals surface area contributed by atoms with Gasteiger partial charge in [-0.1, -0.05) is 17.4 Å². The van der Waals surface area contributed by atoms with E-state index in [-0.39, 0.29) is 5.82 Å². The average molecular weight is 251 g/mol. The van der Waals surface area contributed by atoms with E-state index in [1.54, 1.807) is 17.4 Å². The molecule has 17 heavy (non-hydrogen) atoms. The van der Waals surface area contributed by atoms with E-state index in [2.05, 4.69) is 15.2 Å². The van der Waals surface area contributed by atoms with Crippen LogP contribution in [0.1, 0.15) is 6.42 Å². The van der Waals surface area contributed by atoms with Crippen LogP contribution in [0.15, 0.2) is 18.2 Å². The molecule has 3 rings (SSSR count). The predicted molar refractivity (Wildman–Crippen MR) is 69.3 cm³/mol. The zero-order valence-electron chi connectivity index (χ0n) is 9.45. The first-order chi connectivity index (χ1) is 8.34. The highest BCUT2D eigenvalue weighted by Crippen LogP contribution is 2.30. The Morgan fingerprint density at radius 2 is 2.24 bits per heavy atom. The highest BCUT2D eigenvalue weighted by Gasteiger charge is 2.15. The number of nitrogens with one attached hydrogen (secondary N) is 1. The molecule has 0 atom stereocenters. The van der Waals surface area contributed by atoms with E-state index in [4.69, 9.17) is 0 Å². The maximum absolute atomic E-state index is 13.6. The molecule has 90 valence electrons. The number of halogens is 1. The van der Waals surface area contributed by atoms with Crippen molar-refractivity contribution in [2.45, 2.75) is 6.42 Å². The van der Waals surface area contributed by atoms with Crippen molar-refractivity contribution in [3.63, 3.8) is 0 Å². The van der Waals surface area contributed by atoms with Gasteiger partial charge in [0, 0.05) is 19.6 Å². The number of aromatic nitrogens is 1. The molecule has 1 fully saturated rings. The molecule has 2 aromatic rings. The monoisotopic (exact) mass is 251 g/mol. The standard InChI is InChI=1S/C12H14FN3S/c13-9-3-1-4-10-11(9)15-12(17-10)16-7-2-5-14-6-8-16/h1,3-4,14H,2,5-8H2. The number of rotatable bonds is 1. The van der Waals surface area contributed by atoms with Gasteiger partial charge in [-0.15, -0.1) is 0 Å². The van der Waals surface area contributed by atoms with Gasteiger partial charge < -0.3 is 10.2 Å². The van der Waals surface area contributed by atoms with Crippen molar-refractivity contribution < 1.29 is 4.39 Å². The zero-order valence-corrected chi connectivity index (χ0v) is 10.3. The zero-order chi connectivity index (χ0) is 11.7. The van der Waals surface area contributed by atoms with Gasteiger partial charge in [0.15, 0.2) is 5.13 Å². The normalized spacial score (nSPS) is 17.4. The lowest BCUT2D eigenvalue weighted by molar-refractivity contribution is 0.637. The van der Waals surface area contributed by atoms with Crippen LogP contribution in [0.3, 0.4) is 0 Å². The second-order valence-electron chi connectivity index (χ2n) is 4.17. The van der Waals surface area contributed by atoms with Gasteiger partial charge in [0.05, 0.1) is 4.70 Å². The Morgan fingerprint density at radius 1 is 1.29 bits per heavy atom. The first-order valence-corrected chi connectivity index (χ1v) is 6.67. The van der Waals surface area contributed by atoms with E-state index in [1.165, 1.54) is 6.07 Å². The summed E-state index contributed by atoms with van der Waals surface area (Å²) in [4.78, 5) is 6.66. The van der Waals surface area contributed by atoms with Gasteiger partial charge in [0.25, 0.3) is 0 Å². The lowest BCUT2D eigenvalue weighted by Crippen LogP contribution is -2.27. The molecular formula is C12H14FN3S. The summed E-state index contributed by atoms with van der Waals surface area (Å²) in [7, 11) is 0. The fourth-order valence-electron chi connectivity index (χ4n) is 2.08. The first kappa shape index (κ1) is 10.9. The highest BCUT2D eigenvalue weighted by molar-refractivity contribution is 7.22. The summed E-state index contributed by atoms with van der Waals surface area (Å²) in [5, 5.41) is 4.29. The molecule has 1 N–H and O–H groups in total. The van der Waals surface area contributed by atoms with Crippen LogP contribution in [0.2, 0.25) is 0 Å². The third-order valence-electron chi connectivity index (χ3n) is 2.97. The minimum Gasteiger partial charge on any atom is -0.347 e. The molecule has 5 heteroatoms. The van der Waals surface area contributed by atoms with Gasteiger partial charge in [0.1, 0.15) is 11.3 Å². The maximum Gasteiger partial charge on any atom is 0.186 e. The SMILES string of the molecule is Fc1cccc2sc(N3CCCNCC3)nc12. The third-order valence-corrected chi connectivity index (χ3v) is 4.05. The fraction of sp³-hybridized carbons (Fsp3) is 0.417.